The summed E-state index contributed by atoms with van der Waals surface area (Å²) in [6.07, 6.45) is 0.957. The zero-order chi connectivity index (χ0) is 12.8. The van der Waals surface area contributed by atoms with E-state index in [1.807, 2.05) is 0 Å². The summed E-state index contributed by atoms with van der Waals surface area (Å²) in [7, 11) is 0. The SMILES string of the molecule is CC(C)CC(CN)Nc1cccc(C(N)=O)n1. The van der Waals surface area contributed by atoms with Crippen LogP contribution in [0.3, 0.4) is 0 Å². The molecule has 0 aliphatic heterocycles. The number of carbonyl (C=O) groups is 1. The minimum absolute atomic E-state index is 0.158. The molecule has 1 atom stereocenters. The fourth-order valence-corrected chi connectivity index (χ4v) is 1.64. The van der Waals surface area contributed by atoms with Crippen LogP contribution >= 0.6 is 0 Å². The number of carbonyl (C=O) groups excluding carboxylic acids is 1. The fraction of sp³-hybridized carbons (Fsp3) is 0.500. The molecule has 5 nitrogen and oxygen atoms in total. The van der Waals surface area contributed by atoms with E-state index in [0.29, 0.717) is 18.3 Å². The summed E-state index contributed by atoms with van der Waals surface area (Å²) in [5.74, 6) is 0.662. The molecule has 1 aromatic heterocycles. The van der Waals surface area contributed by atoms with Crippen LogP contribution in [0, 0.1) is 5.92 Å². The van der Waals surface area contributed by atoms with Gasteiger partial charge < -0.3 is 16.8 Å². The minimum atomic E-state index is -0.526. The normalized spacial score (nSPS) is 12.5. The summed E-state index contributed by atoms with van der Waals surface area (Å²) in [5.41, 5.74) is 11.1. The van der Waals surface area contributed by atoms with Crippen LogP contribution in [0.5, 0.6) is 0 Å². The Morgan fingerprint density at radius 2 is 2.18 bits per heavy atom. The summed E-state index contributed by atoms with van der Waals surface area (Å²) >= 11 is 0. The van der Waals surface area contributed by atoms with Crippen LogP contribution in [0.15, 0.2) is 18.2 Å². The first-order valence-corrected chi connectivity index (χ1v) is 5.76. The molecule has 0 bridgehead atoms. The molecule has 1 rings (SSSR count). The number of rotatable bonds is 6. The standard InChI is InChI=1S/C12H20N4O/c1-8(2)6-9(7-13)15-11-5-3-4-10(16-11)12(14)17/h3-5,8-9H,6-7,13H2,1-2H3,(H2,14,17)(H,15,16). The van der Waals surface area contributed by atoms with Crippen LogP contribution in [-0.2, 0) is 0 Å². The topological polar surface area (TPSA) is 94.0 Å². The lowest BCUT2D eigenvalue weighted by atomic mass is 10.0. The van der Waals surface area contributed by atoms with E-state index in [9.17, 15) is 4.79 Å². The van der Waals surface area contributed by atoms with E-state index in [1.165, 1.54) is 0 Å². The van der Waals surface area contributed by atoms with E-state index < -0.39 is 5.91 Å². The third-order valence-electron chi connectivity index (χ3n) is 2.39. The largest absolute Gasteiger partial charge is 0.366 e. The predicted octanol–water partition coefficient (Wildman–Crippen LogP) is 0.966. The van der Waals surface area contributed by atoms with Gasteiger partial charge in [-0.05, 0) is 24.5 Å². The Bertz CT molecular complexity index is 379. The highest BCUT2D eigenvalue weighted by atomic mass is 16.1. The average Bonchev–Trinajstić information content (AvgIpc) is 2.28. The number of pyridine rings is 1. The Labute approximate surface area is 102 Å². The molecular formula is C12H20N4O. The Morgan fingerprint density at radius 1 is 1.47 bits per heavy atom. The molecular weight excluding hydrogens is 216 g/mol. The lowest BCUT2D eigenvalue weighted by Gasteiger charge is -2.19. The molecule has 0 fully saturated rings. The van der Waals surface area contributed by atoms with E-state index in [-0.39, 0.29) is 11.7 Å². The molecule has 5 heteroatoms. The van der Waals surface area contributed by atoms with Gasteiger partial charge in [-0.1, -0.05) is 19.9 Å². The van der Waals surface area contributed by atoms with Crippen LogP contribution in [-0.4, -0.2) is 23.5 Å². The van der Waals surface area contributed by atoms with Gasteiger partial charge in [0.05, 0.1) is 0 Å². The smallest absolute Gasteiger partial charge is 0.267 e. The highest BCUT2D eigenvalue weighted by molar-refractivity contribution is 5.91. The van der Waals surface area contributed by atoms with Crippen LogP contribution < -0.4 is 16.8 Å². The summed E-state index contributed by atoms with van der Waals surface area (Å²) in [6, 6.07) is 5.30. The first-order chi connectivity index (χ1) is 8.02. The van der Waals surface area contributed by atoms with Crippen molar-refractivity contribution in [3.63, 3.8) is 0 Å². The first kappa shape index (κ1) is 13.4. The number of amides is 1. The van der Waals surface area contributed by atoms with Crippen molar-refractivity contribution >= 4 is 11.7 Å². The van der Waals surface area contributed by atoms with Crippen molar-refractivity contribution in [2.75, 3.05) is 11.9 Å². The zero-order valence-corrected chi connectivity index (χ0v) is 10.3. The second kappa shape index (κ2) is 6.20. The van der Waals surface area contributed by atoms with E-state index >= 15 is 0 Å². The van der Waals surface area contributed by atoms with Crippen LogP contribution in [0.25, 0.3) is 0 Å². The van der Waals surface area contributed by atoms with Crippen molar-refractivity contribution in [2.45, 2.75) is 26.3 Å². The molecule has 0 radical (unpaired) electrons. The molecule has 17 heavy (non-hydrogen) atoms. The number of primary amides is 1. The van der Waals surface area contributed by atoms with Gasteiger partial charge in [-0.25, -0.2) is 4.98 Å². The van der Waals surface area contributed by atoms with Crippen molar-refractivity contribution < 1.29 is 4.79 Å². The number of hydrogen-bond acceptors (Lipinski definition) is 4. The number of hydrogen-bond donors (Lipinski definition) is 3. The maximum Gasteiger partial charge on any atom is 0.267 e. The van der Waals surface area contributed by atoms with Gasteiger partial charge >= 0.3 is 0 Å². The number of nitrogens with two attached hydrogens (primary N) is 2. The van der Waals surface area contributed by atoms with Gasteiger partial charge in [-0.3, -0.25) is 4.79 Å². The van der Waals surface area contributed by atoms with Crippen molar-refractivity contribution in [1.82, 2.24) is 4.98 Å². The molecule has 1 heterocycles. The first-order valence-electron chi connectivity index (χ1n) is 5.76. The van der Waals surface area contributed by atoms with Crippen molar-refractivity contribution in [2.24, 2.45) is 17.4 Å². The average molecular weight is 236 g/mol. The molecule has 0 saturated carbocycles. The summed E-state index contributed by atoms with van der Waals surface area (Å²) in [4.78, 5) is 15.1. The molecule has 0 spiro atoms. The van der Waals surface area contributed by atoms with E-state index in [4.69, 9.17) is 11.5 Å². The summed E-state index contributed by atoms with van der Waals surface area (Å²) in [5, 5.41) is 3.21. The second-order valence-electron chi connectivity index (χ2n) is 4.48. The predicted molar refractivity (Wildman–Crippen MR) is 68.7 cm³/mol. The summed E-state index contributed by atoms with van der Waals surface area (Å²) < 4.78 is 0. The third kappa shape index (κ3) is 4.40. The molecule has 0 aliphatic rings. The molecule has 0 aromatic carbocycles. The molecule has 1 amide bonds. The van der Waals surface area contributed by atoms with Gasteiger partial charge in [0.15, 0.2) is 0 Å². The number of nitrogens with one attached hydrogen (secondary N) is 1. The number of nitrogens with zero attached hydrogens (tertiary/aromatic N) is 1. The van der Waals surface area contributed by atoms with Gasteiger partial charge in [-0.15, -0.1) is 0 Å². The lowest BCUT2D eigenvalue weighted by Crippen LogP contribution is -2.30. The Kier molecular flexibility index (Phi) is 4.90. The van der Waals surface area contributed by atoms with Gasteiger partial charge in [0, 0.05) is 12.6 Å². The van der Waals surface area contributed by atoms with E-state index in [2.05, 4.69) is 24.1 Å². The second-order valence-corrected chi connectivity index (χ2v) is 4.48. The molecule has 0 aliphatic carbocycles. The molecule has 1 unspecified atom stereocenters. The van der Waals surface area contributed by atoms with Crippen LogP contribution in [0.1, 0.15) is 30.8 Å². The maximum atomic E-state index is 11.0. The Hall–Kier alpha value is -1.62. The van der Waals surface area contributed by atoms with Gasteiger partial charge in [0.1, 0.15) is 11.5 Å². The van der Waals surface area contributed by atoms with E-state index in [1.54, 1.807) is 18.2 Å². The Morgan fingerprint density at radius 3 is 2.71 bits per heavy atom. The molecule has 5 N–H and O–H groups in total. The minimum Gasteiger partial charge on any atom is -0.366 e. The Balaban J connectivity index is 2.72. The van der Waals surface area contributed by atoms with Crippen LogP contribution in [0.4, 0.5) is 5.82 Å². The lowest BCUT2D eigenvalue weighted by molar-refractivity contribution is 0.0995. The van der Waals surface area contributed by atoms with Crippen molar-refractivity contribution in [3.8, 4) is 0 Å². The molecule has 0 saturated heterocycles. The highest BCUT2D eigenvalue weighted by Crippen LogP contribution is 2.11. The zero-order valence-electron chi connectivity index (χ0n) is 10.3. The third-order valence-corrected chi connectivity index (χ3v) is 2.39. The molecule has 1 aromatic rings. The molecule has 94 valence electrons. The summed E-state index contributed by atoms with van der Waals surface area (Å²) in [6.45, 7) is 4.80. The monoisotopic (exact) mass is 236 g/mol. The van der Waals surface area contributed by atoms with Crippen LogP contribution in [0.2, 0.25) is 0 Å². The number of aromatic nitrogens is 1. The highest BCUT2D eigenvalue weighted by Gasteiger charge is 2.10. The van der Waals surface area contributed by atoms with Gasteiger partial charge in [-0.2, -0.15) is 0 Å². The number of anilines is 1. The van der Waals surface area contributed by atoms with Gasteiger partial charge in [0.25, 0.3) is 5.91 Å². The fourth-order valence-electron chi connectivity index (χ4n) is 1.64. The quantitative estimate of drug-likeness (QED) is 0.686. The maximum absolute atomic E-state index is 11.0. The van der Waals surface area contributed by atoms with E-state index in [0.717, 1.165) is 6.42 Å². The van der Waals surface area contributed by atoms with Crippen molar-refractivity contribution in [1.29, 1.82) is 0 Å². The van der Waals surface area contributed by atoms with Crippen molar-refractivity contribution in [3.05, 3.63) is 23.9 Å². The van der Waals surface area contributed by atoms with Gasteiger partial charge in [0.2, 0.25) is 0 Å².